The Labute approximate surface area is 194 Å². The van der Waals surface area contributed by atoms with Gasteiger partial charge in [0.25, 0.3) is 0 Å². The number of halogens is 1. The molecule has 3 heterocycles. The van der Waals surface area contributed by atoms with Crippen molar-refractivity contribution < 1.29 is 9.90 Å². The highest BCUT2D eigenvalue weighted by Crippen LogP contribution is 2.37. The van der Waals surface area contributed by atoms with Crippen LogP contribution in [0.4, 0.5) is 5.95 Å². The molecule has 1 aliphatic heterocycles. The van der Waals surface area contributed by atoms with Gasteiger partial charge in [0, 0.05) is 22.8 Å². The number of piperidine rings is 1. The second-order valence-electron chi connectivity index (χ2n) is 7.97. The molecule has 0 radical (unpaired) electrons. The molecule has 4 rings (SSSR count). The summed E-state index contributed by atoms with van der Waals surface area (Å²) in [6.07, 6.45) is 6.71. The number of carbonyl (C=O) groups is 1. The van der Waals surface area contributed by atoms with E-state index in [1.54, 1.807) is 18.3 Å². The summed E-state index contributed by atoms with van der Waals surface area (Å²) in [5, 5.41) is 13.6. The molecule has 164 valence electrons. The Balaban J connectivity index is 1.40. The molecule has 2 N–H and O–H groups in total. The summed E-state index contributed by atoms with van der Waals surface area (Å²) in [5.74, 6) is 0.516. The van der Waals surface area contributed by atoms with E-state index in [0.717, 1.165) is 50.6 Å². The van der Waals surface area contributed by atoms with Gasteiger partial charge in [0.15, 0.2) is 0 Å². The third-order valence-electron chi connectivity index (χ3n) is 6.00. The standard InChI is InChI=1S/C23H27BrN4O2S/c1-2-28-11-8-15(9-12-28)5-4-10-25-23-26-14-18(24)21(27-23)20-13-17-16(22(29)30)6-3-7-19(17)31-20/h3,6-7,13-15H,2,4-5,8-12H2,1H3,(H,29,30)(H,25,26,27). The number of carboxylic acid groups (broad SMARTS) is 1. The first-order valence-corrected chi connectivity index (χ1v) is 12.4. The molecule has 2 aromatic heterocycles. The maximum atomic E-state index is 11.5. The molecular formula is C23H27BrN4O2S. The van der Waals surface area contributed by atoms with Crippen molar-refractivity contribution in [3.8, 4) is 10.6 Å². The fourth-order valence-electron chi connectivity index (χ4n) is 4.17. The minimum atomic E-state index is -0.917. The van der Waals surface area contributed by atoms with Gasteiger partial charge in [-0.15, -0.1) is 11.3 Å². The Morgan fingerprint density at radius 3 is 2.90 bits per heavy atom. The number of aromatic nitrogens is 2. The second-order valence-corrected chi connectivity index (χ2v) is 9.91. The zero-order valence-electron chi connectivity index (χ0n) is 17.6. The molecule has 1 saturated heterocycles. The van der Waals surface area contributed by atoms with Gasteiger partial charge in [-0.3, -0.25) is 0 Å². The van der Waals surface area contributed by atoms with Crippen LogP contribution in [0.15, 0.2) is 34.9 Å². The number of likely N-dealkylation sites (tertiary alicyclic amines) is 1. The van der Waals surface area contributed by atoms with Gasteiger partial charge in [-0.1, -0.05) is 13.0 Å². The van der Waals surface area contributed by atoms with Crippen LogP contribution >= 0.6 is 27.3 Å². The first-order valence-electron chi connectivity index (χ1n) is 10.8. The number of benzene rings is 1. The highest BCUT2D eigenvalue weighted by Gasteiger charge is 2.18. The van der Waals surface area contributed by atoms with Crippen LogP contribution in [0.3, 0.4) is 0 Å². The van der Waals surface area contributed by atoms with E-state index in [-0.39, 0.29) is 0 Å². The van der Waals surface area contributed by atoms with Crippen molar-refractivity contribution >= 4 is 49.3 Å². The molecule has 0 aliphatic carbocycles. The quantitative estimate of drug-likeness (QED) is 0.382. The van der Waals surface area contributed by atoms with Gasteiger partial charge in [0.2, 0.25) is 5.95 Å². The van der Waals surface area contributed by atoms with Crippen LogP contribution in [0.2, 0.25) is 0 Å². The topological polar surface area (TPSA) is 78.4 Å². The average Bonchev–Trinajstić information content (AvgIpc) is 3.22. The van der Waals surface area contributed by atoms with Crippen molar-refractivity contribution in [2.75, 3.05) is 31.5 Å². The Hall–Kier alpha value is -2.03. The number of anilines is 1. The van der Waals surface area contributed by atoms with Crippen LogP contribution in [-0.2, 0) is 0 Å². The van der Waals surface area contributed by atoms with Gasteiger partial charge in [-0.05, 0) is 85.4 Å². The molecule has 31 heavy (non-hydrogen) atoms. The average molecular weight is 503 g/mol. The van der Waals surface area contributed by atoms with E-state index in [2.05, 4.69) is 38.1 Å². The lowest BCUT2D eigenvalue weighted by Crippen LogP contribution is -2.33. The number of thiophene rings is 1. The molecule has 6 nitrogen and oxygen atoms in total. The van der Waals surface area contributed by atoms with E-state index in [9.17, 15) is 9.90 Å². The molecule has 0 spiro atoms. The summed E-state index contributed by atoms with van der Waals surface area (Å²) >= 11 is 5.09. The van der Waals surface area contributed by atoms with E-state index in [1.807, 2.05) is 12.1 Å². The predicted molar refractivity (Wildman–Crippen MR) is 130 cm³/mol. The summed E-state index contributed by atoms with van der Waals surface area (Å²) in [6.45, 7) is 6.71. The highest BCUT2D eigenvalue weighted by atomic mass is 79.9. The lowest BCUT2D eigenvalue weighted by molar-refractivity contribution is 0.0699. The summed E-state index contributed by atoms with van der Waals surface area (Å²) in [6, 6.07) is 7.26. The van der Waals surface area contributed by atoms with E-state index in [1.165, 1.54) is 43.7 Å². The first kappa shape index (κ1) is 22.2. The normalized spacial score (nSPS) is 15.4. The number of nitrogens with one attached hydrogen (secondary N) is 1. The molecule has 0 atom stereocenters. The zero-order chi connectivity index (χ0) is 21.8. The Morgan fingerprint density at radius 1 is 1.35 bits per heavy atom. The number of aromatic carboxylic acids is 1. The van der Waals surface area contributed by atoms with E-state index in [4.69, 9.17) is 4.98 Å². The summed E-state index contributed by atoms with van der Waals surface area (Å²) in [4.78, 5) is 24.1. The van der Waals surface area contributed by atoms with Gasteiger partial charge in [-0.25, -0.2) is 14.8 Å². The predicted octanol–water partition coefficient (Wildman–Crippen LogP) is 5.74. The third-order valence-corrected chi connectivity index (χ3v) is 7.68. The van der Waals surface area contributed by atoms with Crippen LogP contribution in [-0.4, -0.2) is 52.1 Å². The van der Waals surface area contributed by atoms with Crippen molar-refractivity contribution in [1.82, 2.24) is 14.9 Å². The SMILES string of the molecule is CCN1CCC(CCCNc2ncc(Br)c(-c3cc4c(C(=O)O)cccc4s3)n2)CC1. The van der Waals surface area contributed by atoms with E-state index >= 15 is 0 Å². The van der Waals surface area contributed by atoms with Gasteiger partial charge in [0.1, 0.15) is 5.69 Å². The molecule has 8 heteroatoms. The molecule has 0 amide bonds. The summed E-state index contributed by atoms with van der Waals surface area (Å²) in [7, 11) is 0. The highest BCUT2D eigenvalue weighted by molar-refractivity contribution is 9.10. The molecule has 1 aliphatic rings. The molecule has 1 aromatic carbocycles. The van der Waals surface area contributed by atoms with Crippen molar-refractivity contribution in [1.29, 1.82) is 0 Å². The molecule has 0 saturated carbocycles. The lowest BCUT2D eigenvalue weighted by Gasteiger charge is -2.31. The Kier molecular flexibility index (Phi) is 7.20. The van der Waals surface area contributed by atoms with Crippen LogP contribution in [0.1, 0.15) is 43.0 Å². The van der Waals surface area contributed by atoms with Crippen LogP contribution < -0.4 is 5.32 Å². The Morgan fingerprint density at radius 2 is 2.16 bits per heavy atom. The van der Waals surface area contributed by atoms with Crippen molar-refractivity contribution in [2.45, 2.75) is 32.6 Å². The minimum Gasteiger partial charge on any atom is -0.478 e. The summed E-state index contributed by atoms with van der Waals surface area (Å²) < 4.78 is 1.73. The van der Waals surface area contributed by atoms with Gasteiger partial charge < -0.3 is 15.3 Å². The zero-order valence-corrected chi connectivity index (χ0v) is 20.0. The minimum absolute atomic E-state index is 0.313. The van der Waals surface area contributed by atoms with Gasteiger partial charge in [0.05, 0.1) is 14.9 Å². The van der Waals surface area contributed by atoms with Gasteiger partial charge in [-0.2, -0.15) is 0 Å². The molecule has 0 bridgehead atoms. The maximum absolute atomic E-state index is 11.5. The number of carboxylic acids is 1. The fourth-order valence-corrected chi connectivity index (χ4v) is 5.80. The summed E-state index contributed by atoms with van der Waals surface area (Å²) in [5.41, 5.74) is 1.09. The van der Waals surface area contributed by atoms with Crippen LogP contribution in [0.25, 0.3) is 20.7 Å². The fraction of sp³-hybridized carbons (Fsp3) is 0.435. The van der Waals surface area contributed by atoms with Crippen molar-refractivity contribution in [3.05, 3.63) is 40.5 Å². The number of nitrogens with zero attached hydrogens (tertiary/aromatic N) is 3. The lowest BCUT2D eigenvalue weighted by atomic mass is 9.92. The monoisotopic (exact) mass is 502 g/mol. The molecular weight excluding hydrogens is 476 g/mol. The van der Waals surface area contributed by atoms with Crippen molar-refractivity contribution in [2.24, 2.45) is 5.92 Å². The van der Waals surface area contributed by atoms with E-state index < -0.39 is 5.97 Å². The smallest absolute Gasteiger partial charge is 0.336 e. The first-order chi connectivity index (χ1) is 15.0. The molecule has 3 aromatic rings. The van der Waals surface area contributed by atoms with Crippen LogP contribution in [0.5, 0.6) is 0 Å². The largest absolute Gasteiger partial charge is 0.478 e. The number of hydrogen-bond acceptors (Lipinski definition) is 6. The maximum Gasteiger partial charge on any atom is 0.336 e. The molecule has 0 unspecified atom stereocenters. The van der Waals surface area contributed by atoms with Crippen LogP contribution in [0, 0.1) is 5.92 Å². The second kappa shape index (κ2) is 10.1. The Bertz CT molecular complexity index is 1060. The number of fused-ring (bicyclic) bond motifs is 1. The van der Waals surface area contributed by atoms with E-state index in [0.29, 0.717) is 11.5 Å². The molecule has 1 fully saturated rings. The number of hydrogen-bond donors (Lipinski definition) is 2. The number of rotatable bonds is 8. The van der Waals surface area contributed by atoms with Gasteiger partial charge >= 0.3 is 5.97 Å². The third kappa shape index (κ3) is 5.25. The van der Waals surface area contributed by atoms with Crippen molar-refractivity contribution in [3.63, 3.8) is 0 Å².